The highest BCUT2D eigenvalue weighted by molar-refractivity contribution is 14.1. The Labute approximate surface area is 341 Å². The predicted octanol–water partition coefficient (Wildman–Crippen LogP) is 9.25. The highest BCUT2D eigenvalue weighted by Gasteiger charge is 2.32. The SMILES string of the molecule is C#Cc1ccc2c(c1)C(C)(C)CCS2=O.CCOC(=O)c1ccc(C#Cc2ccc3c(c2)C(C)(C)CCS3=O)c(F)c1.CCOC(=O)c1ccc(I)c(F)c1. The van der Waals surface area contributed by atoms with Crippen molar-refractivity contribution in [3.63, 3.8) is 0 Å². The molecule has 4 aromatic carbocycles. The maximum absolute atomic E-state index is 14.3. The van der Waals surface area contributed by atoms with Gasteiger partial charge in [0, 0.05) is 36.0 Å². The molecule has 2 unspecified atom stereocenters. The molecule has 4 aromatic rings. The number of hydrogen-bond acceptors (Lipinski definition) is 6. The van der Waals surface area contributed by atoms with Crippen LogP contribution in [0, 0.1) is 39.4 Å². The van der Waals surface area contributed by atoms with Gasteiger partial charge in [-0.2, -0.15) is 0 Å². The molecule has 0 spiro atoms. The minimum absolute atomic E-state index is 0.0620. The van der Waals surface area contributed by atoms with Gasteiger partial charge in [-0.05, 0) is 144 Å². The Morgan fingerprint density at radius 3 is 1.65 bits per heavy atom. The maximum Gasteiger partial charge on any atom is 0.338 e. The third kappa shape index (κ3) is 11.2. The first-order valence-electron chi connectivity index (χ1n) is 17.6. The van der Waals surface area contributed by atoms with E-state index in [1.54, 1.807) is 26.0 Å². The van der Waals surface area contributed by atoms with E-state index in [2.05, 4.69) is 45.5 Å². The van der Waals surface area contributed by atoms with Gasteiger partial charge in [0.1, 0.15) is 11.6 Å². The van der Waals surface area contributed by atoms with Gasteiger partial charge in [-0.25, -0.2) is 18.4 Å². The van der Waals surface area contributed by atoms with Crippen molar-refractivity contribution >= 4 is 56.1 Å². The van der Waals surface area contributed by atoms with Crippen molar-refractivity contribution < 1.29 is 36.3 Å². The number of carbonyl (C=O) groups excluding carboxylic acids is 2. The summed E-state index contributed by atoms with van der Waals surface area (Å²) in [5, 5.41) is 0. The molecule has 0 aromatic heterocycles. The number of hydrogen-bond donors (Lipinski definition) is 0. The number of rotatable bonds is 4. The summed E-state index contributed by atoms with van der Waals surface area (Å²) in [7, 11) is -1.82. The average molecular weight is 897 g/mol. The molecular weight excluding hydrogens is 854 g/mol. The van der Waals surface area contributed by atoms with Crippen molar-refractivity contribution in [1.82, 2.24) is 0 Å². The van der Waals surface area contributed by atoms with Gasteiger partial charge in [0.05, 0.1) is 51.5 Å². The minimum atomic E-state index is -0.975. The van der Waals surface area contributed by atoms with E-state index in [-0.39, 0.29) is 34.1 Å². The summed E-state index contributed by atoms with van der Waals surface area (Å²) in [6, 6.07) is 19.8. The topological polar surface area (TPSA) is 86.7 Å². The van der Waals surface area contributed by atoms with Gasteiger partial charge in [0.25, 0.3) is 0 Å². The Hall–Kier alpha value is -4.17. The zero-order valence-corrected chi connectivity index (χ0v) is 35.4. The van der Waals surface area contributed by atoms with Crippen molar-refractivity contribution in [3.05, 3.63) is 127 Å². The van der Waals surface area contributed by atoms with E-state index in [0.717, 1.165) is 56.7 Å². The molecule has 2 aliphatic heterocycles. The number of carbonyl (C=O) groups is 2. The van der Waals surface area contributed by atoms with Gasteiger partial charge in [-0.1, -0.05) is 45.5 Å². The third-order valence-electron chi connectivity index (χ3n) is 9.15. The molecule has 0 fully saturated rings. The quantitative estimate of drug-likeness (QED) is 0.115. The minimum Gasteiger partial charge on any atom is -0.462 e. The Morgan fingerprint density at radius 2 is 1.18 bits per heavy atom. The predicted molar refractivity (Wildman–Crippen MR) is 222 cm³/mol. The molecule has 0 amide bonds. The van der Waals surface area contributed by atoms with Crippen molar-refractivity contribution in [2.24, 2.45) is 0 Å². The van der Waals surface area contributed by atoms with E-state index in [1.165, 1.54) is 18.2 Å². The van der Waals surface area contributed by atoms with Crippen molar-refractivity contribution in [3.8, 4) is 24.2 Å². The molecule has 2 heterocycles. The molecular formula is C44H43F2IO6S2. The Kier molecular flexibility index (Phi) is 15.1. The molecule has 0 radical (unpaired) electrons. The fourth-order valence-electron chi connectivity index (χ4n) is 5.80. The molecule has 55 heavy (non-hydrogen) atoms. The van der Waals surface area contributed by atoms with E-state index in [4.69, 9.17) is 15.9 Å². The van der Waals surface area contributed by atoms with Gasteiger partial charge in [0.2, 0.25) is 0 Å². The molecule has 288 valence electrons. The van der Waals surface area contributed by atoms with Crippen LogP contribution in [0.5, 0.6) is 0 Å². The van der Waals surface area contributed by atoms with Crippen LogP contribution in [0.15, 0.2) is 82.6 Å². The second kappa shape index (κ2) is 19.1. The molecule has 6 nitrogen and oxygen atoms in total. The highest BCUT2D eigenvalue weighted by Crippen LogP contribution is 2.38. The second-order valence-electron chi connectivity index (χ2n) is 13.9. The molecule has 0 bridgehead atoms. The van der Waals surface area contributed by atoms with Crippen LogP contribution in [0.3, 0.4) is 0 Å². The fourth-order valence-corrected chi connectivity index (χ4v) is 9.57. The number of esters is 2. The Bertz CT molecular complexity index is 2250. The van der Waals surface area contributed by atoms with Gasteiger partial charge < -0.3 is 9.47 Å². The summed E-state index contributed by atoms with van der Waals surface area (Å²) in [5.41, 5.74) is 4.47. The molecule has 0 aliphatic carbocycles. The van der Waals surface area contributed by atoms with Crippen LogP contribution >= 0.6 is 22.6 Å². The van der Waals surface area contributed by atoms with E-state index in [1.807, 2.05) is 59.0 Å². The van der Waals surface area contributed by atoms with Crippen molar-refractivity contribution in [2.75, 3.05) is 24.7 Å². The molecule has 0 N–H and O–H groups in total. The van der Waals surface area contributed by atoms with Crippen LogP contribution in [0.25, 0.3) is 0 Å². The lowest BCUT2D eigenvalue weighted by atomic mass is 9.81. The first-order valence-corrected chi connectivity index (χ1v) is 21.4. The third-order valence-corrected chi connectivity index (χ3v) is 12.9. The summed E-state index contributed by atoms with van der Waals surface area (Å²) in [4.78, 5) is 24.6. The molecule has 6 rings (SSSR count). The summed E-state index contributed by atoms with van der Waals surface area (Å²) < 4.78 is 61.3. The van der Waals surface area contributed by atoms with E-state index < -0.39 is 45.2 Å². The smallest absolute Gasteiger partial charge is 0.338 e. The number of halogens is 3. The summed E-state index contributed by atoms with van der Waals surface area (Å²) >= 11 is 1.86. The van der Waals surface area contributed by atoms with Gasteiger partial charge in [-0.3, -0.25) is 8.42 Å². The van der Waals surface area contributed by atoms with Crippen LogP contribution in [0.1, 0.15) is 103 Å². The lowest BCUT2D eigenvalue weighted by Crippen LogP contribution is -2.27. The molecule has 0 saturated heterocycles. The van der Waals surface area contributed by atoms with Crippen LogP contribution < -0.4 is 0 Å². The monoisotopic (exact) mass is 896 g/mol. The molecule has 0 saturated carbocycles. The van der Waals surface area contributed by atoms with E-state index in [0.29, 0.717) is 15.9 Å². The Balaban J connectivity index is 0.000000202. The number of ether oxygens (including phenoxy) is 2. The lowest BCUT2D eigenvalue weighted by molar-refractivity contribution is 0.0516. The maximum atomic E-state index is 14.3. The van der Waals surface area contributed by atoms with Crippen molar-refractivity contribution in [2.45, 2.75) is 75.0 Å². The number of fused-ring (bicyclic) bond motifs is 2. The summed E-state index contributed by atoms with van der Waals surface area (Å²) in [6.07, 6.45) is 7.19. The zero-order valence-electron chi connectivity index (χ0n) is 31.6. The first-order chi connectivity index (χ1) is 26.0. The molecule has 2 aliphatic rings. The fraction of sp³-hybridized carbons (Fsp3) is 0.318. The van der Waals surface area contributed by atoms with Gasteiger partial charge >= 0.3 is 11.9 Å². The first kappa shape index (κ1) is 43.6. The van der Waals surface area contributed by atoms with Gasteiger partial charge in [-0.15, -0.1) is 6.42 Å². The molecule has 2 atom stereocenters. The van der Waals surface area contributed by atoms with E-state index >= 15 is 0 Å². The molecule has 11 heteroatoms. The van der Waals surface area contributed by atoms with Crippen molar-refractivity contribution in [1.29, 1.82) is 0 Å². The van der Waals surface area contributed by atoms with E-state index in [9.17, 15) is 26.8 Å². The normalized spacial score (nSPS) is 17.1. The Morgan fingerprint density at radius 1 is 0.709 bits per heavy atom. The lowest BCUT2D eigenvalue weighted by Gasteiger charge is -2.31. The largest absolute Gasteiger partial charge is 0.462 e. The number of benzene rings is 4. The standard InChI is InChI=1S/C22H21FO3S.C13H14OS.C9H8FIO2/c1-4-26-21(24)17-9-8-16(19(23)14-17)7-5-15-6-10-20-18(13-15)22(2,3)11-12-27(20)25;1-4-10-5-6-12-11(9-10)13(2,3)7-8-15(12)14;1-2-13-9(12)6-3-4-8(11)7(10)5-6/h6,8-10,13-14H,4,11-12H2,1-3H3;1,5-6,9H,7-8H2,2-3H3;3-5H,2H2,1H3. The van der Waals surface area contributed by atoms with Crippen LogP contribution in [-0.4, -0.2) is 45.1 Å². The van der Waals surface area contributed by atoms with Crippen LogP contribution in [-0.2, 0) is 41.9 Å². The zero-order chi connectivity index (χ0) is 40.5. The number of terminal acetylenes is 1. The average Bonchev–Trinajstić information content (AvgIpc) is 3.16. The highest BCUT2D eigenvalue weighted by atomic mass is 127. The summed E-state index contributed by atoms with van der Waals surface area (Å²) in [6.45, 7) is 12.6. The van der Waals surface area contributed by atoms with Crippen LogP contribution in [0.2, 0.25) is 0 Å². The van der Waals surface area contributed by atoms with Gasteiger partial charge in [0.15, 0.2) is 0 Å². The van der Waals surface area contributed by atoms with Crippen LogP contribution in [0.4, 0.5) is 8.78 Å². The summed E-state index contributed by atoms with van der Waals surface area (Å²) in [5.74, 6) is 7.85. The second-order valence-corrected chi connectivity index (χ2v) is 18.2.